The number of carboxylic acid groups (broad SMARTS) is 1. The second-order valence-corrected chi connectivity index (χ2v) is 6.66. The number of rotatable bonds is 11. The van der Waals surface area contributed by atoms with Crippen LogP contribution in [0.1, 0.15) is 59.8 Å². The van der Waals surface area contributed by atoms with E-state index < -0.39 is 11.5 Å². The van der Waals surface area contributed by atoms with Crippen molar-refractivity contribution >= 4 is 17.7 Å². The summed E-state index contributed by atoms with van der Waals surface area (Å²) in [7, 11) is 0. The molecule has 2 N–H and O–H groups in total. The molecule has 0 fully saturated rings. The summed E-state index contributed by atoms with van der Waals surface area (Å²) in [5.74, 6) is 0.406. The fourth-order valence-electron chi connectivity index (χ4n) is 1.65. The van der Waals surface area contributed by atoms with Crippen LogP contribution < -0.4 is 5.32 Å². The smallest absolute Gasteiger partial charge is 0.323 e. The van der Waals surface area contributed by atoms with Gasteiger partial charge >= 0.3 is 5.97 Å². The van der Waals surface area contributed by atoms with E-state index in [1.807, 2.05) is 11.8 Å². The predicted octanol–water partition coefficient (Wildman–Crippen LogP) is 3.53. The molecule has 0 rings (SSSR count). The number of hydrogen-bond acceptors (Lipinski definition) is 3. The molecule has 0 aliphatic rings. The van der Waals surface area contributed by atoms with Gasteiger partial charge in [-0.2, -0.15) is 11.8 Å². The van der Waals surface area contributed by atoms with Gasteiger partial charge in [-0.05, 0) is 44.9 Å². The maximum absolute atomic E-state index is 11.3. The van der Waals surface area contributed by atoms with Crippen LogP contribution in [0.25, 0.3) is 0 Å². The number of aliphatic carboxylic acids is 1. The first kappa shape index (κ1) is 17.8. The van der Waals surface area contributed by atoms with E-state index in [2.05, 4.69) is 26.1 Å². The first-order valence-electron chi connectivity index (χ1n) is 7.06. The zero-order valence-corrected chi connectivity index (χ0v) is 13.1. The van der Waals surface area contributed by atoms with Crippen LogP contribution in [0.2, 0.25) is 0 Å². The lowest BCUT2D eigenvalue weighted by Crippen LogP contribution is -2.49. The van der Waals surface area contributed by atoms with Gasteiger partial charge in [0.1, 0.15) is 5.54 Å². The molecule has 0 spiro atoms. The van der Waals surface area contributed by atoms with Crippen LogP contribution in [0, 0.1) is 0 Å². The van der Waals surface area contributed by atoms with Crippen molar-refractivity contribution in [1.29, 1.82) is 0 Å². The number of carbonyl (C=O) groups is 1. The third kappa shape index (κ3) is 7.27. The van der Waals surface area contributed by atoms with Gasteiger partial charge in [0, 0.05) is 5.25 Å². The first-order chi connectivity index (χ1) is 8.46. The maximum Gasteiger partial charge on any atom is 0.323 e. The maximum atomic E-state index is 11.3. The molecule has 2 atom stereocenters. The average molecular weight is 275 g/mol. The van der Waals surface area contributed by atoms with Crippen LogP contribution in [0.5, 0.6) is 0 Å². The van der Waals surface area contributed by atoms with E-state index in [1.165, 1.54) is 6.42 Å². The van der Waals surface area contributed by atoms with Gasteiger partial charge in [-0.1, -0.05) is 27.2 Å². The summed E-state index contributed by atoms with van der Waals surface area (Å²) in [6.45, 7) is 9.07. The van der Waals surface area contributed by atoms with Crippen molar-refractivity contribution in [3.8, 4) is 0 Å². The van der Waals surface area contributed by atoms with Gasteiger partial charge in [0.2, 0.25) is 0 Å². The van der Waals surface area contributed by atoms with E-state index in [4.69, 9.17) is 0 Å². The molecule has 0 aliphatic carbocycles. The minimum absolute atomic E-state index is 0.712. The Balaban J connectivity index is 3.87. The van der Waals surface area contributed by atoms with Crippen molar-refractivity contribution in [2.75, 3.05) is 12.3 Å². The van der Waals surface area contributed by atoms with Gasteiger partial charge in [-0.3, -0.25) is 4.79 Å². The summed E-state index contributed by atoms with van der Waals surface area (Å²) in [5.41, 5.74) is -0.753. The van der Waals surface area contributed by atoms with Gasteiger partial charge in [0.25, 0.3) is 0 Å². The van der Waals surface area contributed by atoms with E-state index in [1.54, 1.807) is 6.92 Å². The molecule has 0 saturated heterocycles. The molecule has 108 valence electrons. The second kappa shape index (κ2) is 9.68. The van der Waals surface area contributed by atoms with Crippen molar-refractivity contribution in [2.24, 2.45) is 0 Å². The van der Waals surface area contributed by atoms with Gasteiger partial charge in [-0.15, -0.1) is 0 Å². The quantitative estimate of drug-likeness (QED) is 0.566. The predicted molar refractivity (Wildman–Crippen MR) is 80.4 cm³/mol. The average Bonchev–Trinajstić information content (AvgIpc) is 2.35. The highest BCUT2D eigenvalue weighted by Crippen LogP contribution is 2.19. The molecule has 0 aromatic carbocycles. The number of thioether (sulfide) groups is 1. The number of nitrogens with one attached hydrogen (secondary N) is 1. The highest BCUT2D eigenvalue weighted by Gasteiger charge is 2.31. The molecule has 0 amide bonds. The Morgan fingerprint density at radius 1 is 1.39 bits per heavy atom. The molecular formula is C14H29NO2S. The van der Waals surface area contributed by atoms with E-state index in [0.29, 0.717) is 11.7 Å². The molecule has 0 aromatic rings. The third-order valence-electron chi connectivity index (χ3n) is 3.29. The summed E-state index contributed by atoms with van der Waals surface area (Å²) < 4.78 is 0. The van der Waals surface area contributed by atoms with Crippen LogP contribution in [0.3, 0.4) is 0 Å². The Kier molecular flexibility index (Phi) is 9.56. The van der Waals surface area contributed by atoms with Crippen LogP contribution in [-0.4, -0.2) is 34.2 Å². The molecule has 4 heteroatoms. The Bertz CT molecular complexity index is 236. The standard InChI is InChI=1S/C14H29NO2S/c1-5-10-15-14(4,13(16)17)9-7-8-11-18-12(3)6-2/h12,15H,5-11H2,1-4H3,(H,16,17). The van der Waals surface area contributed by atoms with E-state index in [-0.39, 0.29) is 0 Å². The molecule has 0 aromatic heterocycles. The van der Waals surface area contributed by atoms with Gasteiger partial charge < -0.3 is 10.4 Å². The Hall–Kier alpha value is -0.220. The number of hydrogen-bond donors (Lipinski definition) is 2. The molecule has 0 bridgehead atoms. The molecule has 18 heavy (non-hydrogen) atoms. The van der Waals surface area contributed by atoms with Crippen LogP contribution in [-0.2, 0) is 4.79 Å². The van der Waals surface area contributed by atoms with E-state index in [9.17, 15) is 9.90 Å². The topological polar surface area (TPSA) is 49.3 Å². The fourth-order valence-corrected chi connectivity index (χ4v) is 2.66. The molecular weight excluding hydrogens is 246 g/mol. The largest absolute Gasteiger partial charge is 0.480 e. The van der Waals surface area contributed by atoms with E-state index >= 15 is 0 Å². The number of unbranched alkanes of at least 4 members (excludes halogenated alkanes) is 1. The molecule has 0 saturated carbocycles. The lowest BCUT2D eigenvalue weighted by atomic mass is 9.95. The first-order valence-corrected chi connectivity index (χ1v) is 8.11. The molecule has 0 heterocycles. The Morgan fingerprint density at radius 2 is 2.06 bits per heavy atom. The highest BCUT2D eigenvalue weighted by molar-refractivity contribution is 7.99. The zero-order chi connectivity index (χ0) is 14.0. The Morgan fingerprint density at radius 3 is 2.56 bits per heavy atom. The third-order valence-corrected chi connectivity index (χ3v) is 4.71. The fraction of sp³-hybridized carbons (Fsp3) is 0.929. The van der Waals surface area contributed by atoms with Crippen molar-refractivity contribution < 1.29 is 9.90 Å². The SMILES string of the molecule is CCCNC(C)(CCCCSC(C)CC)C(=O)O. The molecule has 0 aliphatic heterocycles. The Labute approximate surface area is 116 Å². The van der Waals surface area contributed by atoms with Crippen molar-refractivity contribution in [3.05, 3.63) is 0 Å². The summed E-state index contributed by atoms with van der Waals surface area (Å²) >= 11 is 1.99. The molecule has 2 unspecified atom stereocenters. The monoisotopic (exact) mass is 275 g/mol. The lowest BCUT2D eigenvalue weighted by molar-refractivity contribution is -0.144. The highest BCUT2D eigenvalue weighted by atomic mass is 32.2. The molecule has 3 nitrogen and oxygen atoms in total. The molecule has 0 radical (unpaired) electrons. The summed E-state index contributed by atoms with van der Waals surface area (Å²) in [6, 6.07) is 0. The minimum Gasteiger partial charge on any atom is -0.480 e. The van der Waals surface area contributed by atoms with Crippen molar-refractivity contribution in [3.63, 3.8) is 0 Å². The second-order valence-electron chi connectivity index (χ2n) is 5.11. The van der Waals surface area contributed by atoms with Crippen molar-refractivity contribution in [1.82, 2.24) is 5.32 Å². The number of carboxylic acids is 1. The summed E-state index contributed by atoms with van der Waals surface area (Å²) in [4.78, 5) is 11.3. The van der Waals surface area contributed by atoms with Crippen LogP contribution in [0.15, 0.2) is 0 Å². The normalized spacial score (nSPS) is 16.2. The van der Waals surface area contributed by atoms with Crippen LogP contribution >= 0.6 is 11.8 Å². The minimum atomic E-state index is -0.753. The van der Waals surface area contributed by atoms with Gasteiger partial charge in [0.15, 0.2) is 0 Å². The summed E-state index contributed by atoms with van der Waals surface area (Å²) in [6.07, 6.45) is 4.96. The lowest BCUT2D eigenvalue weighted by Gasteiger charge is -2.26. The van der Waals surface area contributed by atoms with Crippen LogP contribution in [0.4, 0.5) is 0 Å². The van der Waals surface area contributed by atoms with Gasteiger partial charge in [-0.25, -0.2) is 0 Å². The zero-order valence-electron chi connectivity index (χ0n) is 12.3. The van der Waals surface area contributed by atoms with E-state index in [0.717, 1.165) is 31.6 Å². The summed E-state index contributed by atoms with van der Waals surface area (Å²) in [5, 5.41) is 13.1. The van der Waals surface area contributed by atoms with Gasteiger partial charge in [0.05, 0.1) is 0 Å². The van der Waals surface area contributed by atoms with Crippen molar-refractivity contribution in [2.45, 2.75) is 70.6 Å².